The van der Waals surface area contributed by atoms with Gasteiger partial charge in [0.25, 0.3) is 0 Å². The van der Waals surface area contributed by atoms with Crippen LogP contribution in [0.3, 0.4) is 0 Å². The Balaban J connectivity index is 2.45. The SMILES string of the molecule is NC1CCOc2cc(C=O)ccc21. The number of rotatable bonds is 1. The summed E-state index contributed by atoms with van der Waals surface area (Å²) in [7, 11) is 0. The quantitative estimate of drug-likeness (QED) is 0.657. The maximum Gasteiger partial charge on any atom is 0.150 e. The van der Waals surface area contributed by atoms with Gasteiger partial charge in [0.1, 0.15) is 12.0 Å². The Morgan fingerprint density at radius 3 is 3.15 bits per heavy atom. The second-order valence-electron chi connectivity index (χ2n) is 3.16. The van der Waals surface area contributed by atoms with Crippen LogP contribution < -0.4 is 10.5 Å². The first-order valence-corrected chi connectivity index (χ1v) is 4.29. The molecule has 1 unspecified atom stereocenters. The third-order valence-corrected chi connectivity index (χ3v) is 2.26. The molecule has 13 heavy (non-hydrogen) atoms. The van der Waals surface area contributed by atoms with Crippen molar-refractivity contribution in [3.63, 3.8) is 0 Å². The molecule has 3 heteroatoms. The Kier molecular flexibility index (Phi) is 2.02. The molecule has 1 aromatic carbocycles. The summed E-state index contributed by atoms with van der Waals surface area (Å²) in [5, 5.41) is 0. The zero-order valence-corrected chi connectivity index (χ0v) is 7.19. The Labute approximate surface area is 76.5 Å². The molecule has 1 aromatic rings. The lowest BCUT2D eigenvalue weighted by atomic mass is 10.00. The highest BCUT2D eigenvalue weighted by atomic mass is 16.5. The van der Waals surface area contributed by atoms with E-state index in [9.17, 15) is 4.79 Å². The number of carbonyl (C=O) groups is 1. The van der Waals surface area contributed by atoms with Gasteiger partial charge in [-0.1, -0.05) is 12.1 Å². The second kappa shape index (κ2) is 3.18. The molecule has 1 atom stereocenters. The van der Waals surface area contributed by atoms with Crippen molar-refractivity contribution in [2.24, 2.45) is 5.73 Å². The molecule has 3 nitrogen and oxygen atoms in total. The van der Waals surface area contributed by atoms with Crippen molar-refractivity contribution in [2.45, 2.75) is 12.5 Å². The van der Waals surface area contributed by atoms with Crippen LogP contribution in [-0.4, -0.2) is 12.9 Å². The van der Waals surface area contributed by atoms with Crippen LogP contribution in [0, 0.1) is 0 Å². The van der Waals surface area contributed by atoms with Gasteiger partial charge in [-0.2, -0.15) is 0 Å². The average molecular weight is 177 g/mol. The minimum Gasteiger partial charge on any atom is -0.493 e. The van der Waals surface area contributed by atoms with Crippen molar-refractivity contribution in [2.75, 3.05) is 6.61 Å². The molecule has 0 saturated carbocycles. The smallest absolute Gasteiger partial charge is 0.150 e. The van der Waals surface area contributed by atoms with Crippen LogP contribution in [0.25, 0.3) is 0 Å². The number of fused-ring (bicyclic) bond motifs is 1. The standard InChI is InChI=1S/C10H11NO2/c11-9-3-4-13-10-5-7(6-12)1-2-8(9)10/h1-2,5-6,9H,3-4,11H2. The number of nitrogens with two attached hydrogens (primary N) is 1. The van der Waals surface area contributed by atoms with Crippen molar-refractivity contribution in [1.29, 1.82) is 0 Å². The Morgan fingerprint density at radius 2 is 2.38 bits per heavy atom. The Morgan fingerprint density at radius 1 is 1.54 bits per heavy atom. The highest BCUT2D eigenvalue weighted by molar-refractivity contribution is 5.76. The van der Waals surface area contributed by atoms with Gasteiger partial charge < -0.3 is 10.5 Å². The molecule has 0 radical (unpaired) electrons. The van der Waals surface area contributed by atoms with Crippen LogP contribution in [0.2, 0.25) is 0 Å². The molecule has 0 spiro atoms. The molecule has 0 aromatic heterocycles. The molecular formula is C10H11NO2. The summed E-state index contributed by atoms with van der Waals surface area (Å²) in [6, 6.07) is 5.41. The van der Waals surface area contributed by atoms with E-state index >= 15 is 0 Å². The number of carbonyl (C=O) groups excluding carboxylic acids is 1. The normalized spacial score (nSPS) is 20.2. The predicted molar refractivity (Wildman–Crippen MR) is 48.9 cm³/mol. The van der Waals surface area contributed by atoms with E-state index in [-0.39, 0.29) is 6.04 Å². The van der Waals surface area contributed by atoms with E-state index in [1.807, 2.05) is 6.07 Å². The van der Waals surface area contributed by atoms with Crippen LogP contribution in [0.4, 0.5) is 0 Å². The third kappa shape index (κ3) is 1.42. The molecule has 68 valence electrons. The minimum atomic E-state index is 0.0458. The molecule has 0 saturated heterocycles. The van der Waals surface area contributed by atoms with Crippen LogP contribution in [0.5, 0.6) is 5.75 Å². The molecule has 1 heterocycles. The van der Waals surface area contributed by atoms with Gasteiger partial charge in [0, 0.05) is 23.6 Å². The van der Waals surface area contributed by atoms with Gasteiger partial charge in [0.05, 0.1) is 6.61 Å². The van der Waals surface area contributed by atoms with Gasteiger partial charge in [-0.3, -0.25) is 4.79 Å². The van der Waals surface area contributed by atoms with Gasteiger partial charge in [-0.25, -0.2) is 0 Å². The lowest BCUT2D eigenvalue weighted by Gasteiger charge is -2.22. The largest absolute Gasteiger partial charge is 0.493 e. The van der Waals surface area contributed by atoms with E-state index in [0.29, 0.717) is 12.2 Å². The van der Waals surface area contributed by atoms with Crippen LogP contribution in [0.15, 0.2) is 18.2 Å². The van der Waals surface area contributed by atoms with Crippen LogP contribution in [-0.2, 0) is 0 Å². The summed E-state index contributed by atoms with van der Waals surface area (Å²) in [4.78, 5) is 10.5. The van der Waals surface area contributed by atoms with Crippen molar-refractivity contribution in [3.8, 4) is 5.75 Å². The van der Waals surface area contributed by atoms with E-state index in [0.717, 1.165) is 24.0 Å². The van der Waals surface area contributed by atoms with Crippen molar-refractivity contribution < 1.29 is 9.53 Å². The Bertz CT molecular complexity index is 336. The van der Waals surface area contributed by atoms with E-state index in [2.05, 4.69) is 0 Å². The number of benzene rings is 1. The maximum atomic E-state index is 10.5. The highest BCUT2D eigenvalue weighted by Gasteiger charge is 2.17. The van der Waals surface area contributed by atoms with Gasteiger partial charge >= 0.3 is 0 Å². The molecule has 1 aliphatic rings. The molecule has 1 aliphatic heterocycles. The minimum absolute atomic E-state index is 0.0458. The van der Waals surface area contributed by atoms with Gasteiger partial charge in [-0.05, 0) is 6.07 Å². The first-order chi connectivity index (χ1) is 6.31. The molecule has 0 amide bonds. The summed E-state index contributed by atoms with van der Waals surface area (Å²) in [5.74, 6) is 0.753. The average Bonchev–Trinajstić information content (AvgIpc) is 2.18. The zero-order chi connectivity index (χ0) is 9.26. The van der Waals surface area contributed by atoms with Gasteiger partial charge in [0.15, 0.2) is 0 Å². The topological polar surface area (TPSA) is 52.3 Å². The fourth-order valence-electron chi connectivity index (χ4n) is 1.51. The molecule has 2 rings (SSSR count). The summed E-state index contributed by atoms with van der Waals surface area (Å²) in [6.07, 6.45) is 1.65. The number of hydrogen-bond donors (Lipinski definition) is 1. The summed E-state index contributed by atoms with van der Waals surface area (Å²) < 4.78 is 5.40. The van der Waals surface area contributed by atoms with Gasteiger partial charge in [0.2, 0.25) is 0 Å². The van der Waals surface area contributed by atoms with E-state index in [4.69, 9.17) is 10.5 Å². The summed E-state index contributed by atoms with van der Waals surface area (Å²) in [6.45, 7) is 0.635. The molecule has 2 N–H and O–H groups in total. The van der Waals surface area contributed by atoms with Crippen molar-refractivity contribution in [3.05, 3.63) is 29.3 Å². The monoisotopic (exact) mass is 177 g/mol. The molecule has 0 fully saturated rings. The summed E-state index contributed by atoms with van der Waals surface area (Å²) >= 11 is 0. The highest BCUT2D eigenvalue weighted by Crippen LogP contribution is 2.30. The number of aldehydes is 1. The van der Waals surface area contributed by atoms with Crippen LogP contribution >= 0.6 is 0 Å². The zero-order valence-electron chi connectivity index (χ0n) is 7.19. The summed E-state index contributed by atoms with van der Waals surface area (Å²) in [5.41, 5.74) is 7.50. The lowest BCUT2D eigenvalue weighted by Crippen LogP contribution is -2.20. The van der Waals surface area contributed by atoms with Crippen LogP contribution in [0.1, 0.15) is 28.4 Å². The fourth-order valence-corrected chi connectivity index (χ4v) is 1.51. The van der Waals surface area contributed by atoms with Crippen molar-refractivity contribution >= 4 is 6.29 Å². The number of hydrogen-bond acceptors (Lipinski definition) is 3. The predicted octanol–water partition coefficient (Wildman–Crippen LogP) is 1.28. The molecule has 0 aliphatic carbocycles. The second-order valence-corrected chi connectivity index (χ2v) is 3.16. The Hall–Kier alpha value is -1.35. The fraction of sp³-hybridized carbons (Fsp3) is 0.300. The number of ether oxygens (including phenoxy) is 1. The third-order valence-electron chi connectivity index (χ3n) is 2.26. The first kappa shape index (κ1) is 8.26. The van der Waals surface area contributed by atoms with Gasteiger partial charge in [-0.15, -0.1) is 0 Å². The van der Waals surface area contributed by atoms with E-state index < -0.39 is 0 Å². The first-order valence-electron chi connectivity index (χ1n) is 4.29. The molecular weight excluding hydrogens is 166 g/mol. The van der Waals surface area contributed by atoms with Crippen molar-refractivity contribution in [1.82, 2.24) is 0 Å². The maximum absolute atomic E-state index is 10.5. The van der Waals surface area contributed by atoms with E-state index in [1.54, 1.807) is 12.1 Å². The lowest BCUT2D eigenvalue weighted by molar-refractivity contribution is 0.112. The molecule has 0 bridgehead atoms. The van der Waals surface area contributed by atoms with E-state index in [1.165, 1.54) is 0 Å².